The van der Waals surface area contributed by atoms with Crippen molar-refractivity contribution >= 4 is 5.91 Å². The van der Waals surface area contributed by atoms with Crippen molar-refractivity contribution in [1.82, 2.24) is 5.32 Å². The number of amides is 1. The molecule has 2 fully saturated rings. The van der Waals surface area contributed by atoms with Crippen LogP contribution in [0.5, 0.6) is 0 Å². The lowest BCUT2D eigenvalue weighted by Crippen LogP contribution is -2.44. The monoisotopic (exact) mass is 240 g/mol. The molecule has 1 amide bonds. The fourth-order valence-electron chi connectivity index (χ4n) is 2.96. The average molecular weight is 240 g/mol. The summed E-state index contributed by atoms with van der Waals surface area (Å²) in [5.41, 5.74) is 6.00. The van der Waals surface area contributed by atoms with E-state index in [0.29, 0.717) is 6.54 Å². The molecule has 1 aliphatic carbocycles. The molecule has 0 radical (unpaired) electrons. The predicted octanol–water partition coefficient (Wildman–Crippen LogP) is 1.19. The third-order valence-corrected chi connectivity index (χ3v) is 4.26. The molecule has 3 N–H and O–H groups in total. The van der Waals surface area contributed by atoms with Gasteiger partial charge in [0.15, 0.2) is 0 Å². The first-order valence-corrected chi connectivity index (χ1v) is 6.78. The Morgan fingerprint density at radius 2 is 2.12 bits per heavy atom. The third kappa shape index (κ3) is 2.99. The smallest absolute Gasteiger partial charge is 0.249 e. The van der Waals surface area contributed by atoms with E-state index in [2.05, 4.69) is 5.32 Å². The second-order valence-corrected chi connectivity index (χ2v) is 5.64. The normalized spacial score (nSPS) is 31.6. The van der Waals surface area contributed by atoms with E-state index < -0.39 is 0 Å². The van der Waals surface area contributed by atoms with E-state index in [1.165, 1.54) is 12.8 Å². The van der Waals surface area contributed by atoms with Gasteiger partial charge in [-0.05, 0) is 44.6 Å². The Morgan fingerprint density at radius 3 is 2.65 bits per heavy atom. The summed E-state index contributed by atoms with van der Waals surface area (Å²) in [6.45, 7) is 3.41. The fraction of sp³-hybridized carbons (Fsp3) is 0.923. The van der Waals surface area contributed by atoms with Crippen LogP contribution in [0.1, 0.15) is 45.4 Å². The molecular formula is C13H24N2O2. The van der Waals surface area contributed by atoms with Gasteiger partial charge in [-0.3, -0.25) is 4.79 Å². The zero-order valence-electron chi connectivity index (χ0n) is 10.7. The van der Waals surface area contributed by atoms with Crippen molar-refractivity contribution < 1.29 is 9.53 Å². The van der Waals surface area contributed by atoms with Crippen LogP contribution in [0, 0.1) is 5.41 Å². The number of carbonyl (C=O) groups is 1. The highest BCUT2D eigenvalue weighted by atomic mass is 16.5. The van der Waals surface area contributed by atoms with Crippen LogP contribution in [0.3, 0.4) is 0 Å². The molecule has 1 aliphatic heterocycles. The van der Waals surface area contributed by atoms with Gasteiger partial charge in [-0.2, -0.15) is 0 Å². The summed E-state index contributed by atoms with van der Waals surface area (Å²) < 4.78 is 5.56. The molecule has 4 heteroatoms. The van der Waals surface area contributed by atoms with E-state index in [0.717, 1.165) is 32.2 Å². The van der Waals surface area contributed by atoms with Crippen molar-refractivity contribution in [3.8, 4) is 0 Å². The van der Waals surface area contributed by atoms with Crippen LogP contribution < -0.4 is 11.1 Å². The van der Waals surface area contributed by atoms with E-state index in [4.69, 9.17) is 10.5 Å². The number of rotatable bonds is 4. The van der Waals surface area contributed by atoms with Crippen molar-refractivity contribution in [1.29, 1.82) is 0 Å². The van der Waals surface area contributed by atoms with E-state index in [1.54, 1.807) is 0 Å². The van der Waals surface area contributed by atoms with E-state index in [1.807, 2.05) is 6.92 Å². The van der Waals surface area contributed by atoms with E-state index >= 15 is 0 Å². The lowest BCUT2D eigenvalue weighted by molar-refractivity contribution is -0.132. The SMILES string of the molecule is CC1CCC(C(=O)NCC2(CN)CCCC2)O1. The number of ether oxygens (including phenoxy) is 1. The van der Waals surface area contributed by atoms with Crippen LogP contribution in [-0.4, -0.2) is 31.2 Å². The summed E-state index contributed by atoms with van der Waals surface area (Å²) in [6.07, 6.45) is 6.59. The quantitative estimate of drug-likeness (QED) is 0.776. The fourth-order valence-corrected chi connectivity index (χ4v) is 2.96. The molecule has 1 saturated carbocycles. The van der Waals surface area contributed by atoms with E-state index in [-0.39, 0.29) is 23.5 Å². The summed E-state index contributed by atoms with van der Waals surface area (Å²) in [7, 11) is 0. The highest BCUT2D eigenvalue weighted by molar-refractivity contribution is 5.81. The van der Waals surface area contributed by atoms with Crippen LogP contribution in [-0.2, 0) is 9.53 Å². The van der Waals surface area contributed by atoms with Gasteiger partial charge in [-0.15, -0.1) is 0 Å². The van der Waals surface area contributed by atoms with Crippen LogP contribution in [0.2, 0.25) is 0 Å². The van der Waals surface area contributed by atoms with Gasteiger partial charge in [0.1, 0.15) is 6.10 Å². The maximum atomic E-state index is 11.9. The Hall–Kier alpha value is -0.610. The van der Waals surface area contributed by atoms with Crippen molar-refractivity contribution in [2.45, 2.75) is 57.7 Å². The summed E-state index contributed by atoms with van der Waals surface area (Å²) in [4.78, 5) is 11.9. The van der Waals surface area contributed by atoms with Gasteiger partial charge < -0.3 is 15.8 Å². The minimum absolute atomic E-state index is 0.0501. The molecule has 0 bridgehead atoms. The number of nitrogens with one attached hydrogen (secondary N) is 1. The van der Waals surface area contributed by atoms with Crippen molar-refractivity contribution in [2.24, 2.45) is 11.1 Å². The van der Waals surface area contributed by atoms with Gasteiger partial charge in [0.05, 0.1) is 6.10 Å². The molecule has 2 aliphatic rings. The zero-order chi connectivity index (χ0) is 12.3. The second-order valence-electron chi connectivity index (χ2n) is 5.64. The van der Waals surface area contributed by atoms with Crippen molar-refractivity contribution in [3.05, 3.63) is 0 Å². The lowest BCUT2D eigenvalue weighted by Gasteiger charge is -2.28. The molecule has 0 aromatic heterocycles. The Bertz CT molecular complexity index is 275. The topological polar surface area (TPSA) is 64.4 Å². The molecular weight excluding hydrogens is 216 g/mol. The molecule has 1 saturated heterocycles. The Labute approximate surface area is 103 Å². The van der Waals surface area contributed by atoms with Gasteiger partial charge in [0.2, 0.25) is 5.91 Å². The van der Waals surface area contributed by atoms with Crippen LogP contribution >= 0.6 is 0 Å². The molecule has 0 aromatic carbocycles. The Morgan fingerprint density at radius 1 is 1.41 bits per heavy atom. The lowest BCUT2D eigenvalue weighted by atomic mass is 9.86. The van der Waals surface area contributed by atoms with Gasteiger partial charge in [0, 0.05) is 6.54 Å². The largest absolute Gasteiger partial charge is 0.365 e. The molecule has 98 valence electrons. The zero-order valence-corrected chi connectivity index (χ0v) is 10.7. The van der Waals surface area contributed by atoms with Gasteiger partial charge in [0.25, 0.3) is 0 Å². The first-order valence-electron chi connectivity index (χ1n) is 6.78. The Kier molecular flexibility index (Phi) is 4.05. The van der Waals surface area contributed by atoms with Gasteiger partial charge in [-0.25, -0.2) is 0 Å². The van der Waals surface area contributed by atoms with Gasteiger partial charge in [-0.1, -0.05) is 12.8 Å². The molecule has 0 spiro atoms. The minimum Gasteiger partial charge on any atom is -0.365 e. The van der Waals surface area contributed by atoms with Crippen LogP contribution in [0.4, 0.5) is 0 Å². The molecule has 2 unspecified atom stereocenters. The van der Waals surface area contributed by atoms with E-state index in [9.17, 15) is 4.79 Å². The third-order valence-electron chi connectivity index (χ3n) is 4.26. The van der Waals surface area contributed by atoms with Gasteiger partial charge >= 0.3 is 0 Å². The summed E-state index contributed by atoms with van der Waals surface area (Å²) in [5.74, 6) is 0.0501. The number of carbonyl (C=O) groups excluding carboxylic acids is 1. The molecule has 17 heavy (non-hydrogen) atoms. The molecule has 2 rings (SSSR count). The van der Waals surface area contributed by atoms with Crippen molar-refractivity contribution in [3.63, 3.8) is 0 Å². The second kappa shape index (κ2) is 5.36. The molecule has 4 nitrogen and oxygen atoms in total. The highest BCUT2D eigenvalue weighted by Crippen LogP contribution is 2.36. The van der Waals surface area contributed by atoms with Crippen LogP contribution in [0.25, 0.3) is 0 Å². The molecule has 0 aromatic rings. The summed E-state index contributed by atoms with van der Waals surface area (Å²) >= 11 is 0. The summed E-state index contributed by atoms with van der Waals surface area (Å²) in [5, 5.41) is 3.03. The summed E-state index contributed by atoms with van der Waals surface area (Å²) in [6, 6.07) is 0. The number of hydrogen-bond acceptors (Lipinski definition) is 3. The molecule has 2 atom stereocenters. The number of nitrogens with two attached hydrogens (primary N) is 1. The standard InChI is InChI=1S/C13H24N2O2/c1-10-4-5-11(17-10)12(16)15-9-13(8-14)6-2-3-7-13/h10-11H,2-9,14H2,1H3,(H,15,16). The average Bonchev–Trinajstić information content (AvgIpc) is 2.95. The van der Waals surface area contributed by atoms with Crippen LogP contribution in [0.15, 0.2) is 0 Å². The first kappa shape index (κ1) is 12.8. The predicted molar refractivity (Wildman–Crippen MR) is 66.5 cm³/mol. The number of hydrogen-bond donors (Lipinski definition) is 2. The Balaban J connectivity index is 1.79. The first-order chi connectivity index (χ1) is 8.15. The maximum absolute atomic E-state index is 11.9. The maximum Gasteiger partial charge on any atom is 0.249 e. The minimum atomic E-state index is -0.235. The highest BCUT2D eigenvalue weighted by Gasteiger charge is 2.34. The van der Waals surface area contributed by atoms with Crippen molar-refractivity contribution in [2.75, 3.05) is 13.1 Å². The molecule has 1 heterocycles.